The summed E-state index contributed by atoms with van der Waals surface area (Å²) in [6.07, 6.45) is 1.90. The first kappa shape index (κ1) is 20.4. The predicted molar refractivity (Wildman–Crippen MR) is 117 cm³/mol. The fourth-order valence-corrected chi connectivity index (χ4v) is 4.25. The molecule has 1 aromatic heterocycles. The van der Waals surface area contributed by atoms with Crippen LogP contribution in [0.3, 0.4) is 0 Å². The monoisotopic (exact) mass is 425 g/mol. The second-order valence-corrected chi connectivity index (χ2v) is 7.97. The molecule has 1 N–H and O–H groups in total. The molecule has 0 aliphatic carbocycles. The maximum absolute atomic E-state index is 13.1. The van der Waals surface area contributed by atoms with E-state index in [4.69, 9.17) is 9.47 Å². The fraction of sp³-hybridized carbons (Fsp3) is 0.318. The van der Waals surface area contributed by atoms with Crippen LogP contribution >= 0.6 is 11.8 Å². The minimum absolute atomic E-state index is 0.00405. The van der Waals surface area contributed by atoms with Gasteiger partial charge in [-0.2, -0.15) is 0 Å². The van der Waals surface area contributed by atoms with Crippen LogP contribution in [0.5, 0.6) is 5.75 Å². The molecule has 1 atom stereocenters. The van der Waals surface area contributed by atoms with Crippen molar-refractivity contribution in [2.45, 2.75) is 30.6 Å². The number of nitrogens with one attached hydrogen (secondary N) is 1. The zero-order valence-corrected chi connectivity index (χ0v) is 17.5. The summed E-state index contributed by atoms with van der Waals surface area (Å²) in [5, 5.41) is 3.94. The quantitative estimate of drug-likeness (QED) is 0.462. The SMILES string of the molecule is COc1cccc(NC(=O)CSc2nc3ccccc3c(=O)n2CC2CCCO2)c1. The number of carbonyl (C=O) groups excluding carboxylic acids is 1. The molecule has 0 spiro atoms. The van der Waals surface area contributed by atoms with Crippen LogP contribution in [0.25, 0.3) is 10.9 Å². The van der Waals surface area contributed by atoms with Gasteiger partial charge in [0.25, 0.3) is 5.56 Å². The molecule has 156 valence electrons. The van der Waals surface area contributed by atoms with Gasteiger partial charge < -0.3 is 14.8 Å². The highest BCUT2D eigenvalue weighted by Gasteiger charge is 2.20. The third-order valence-electron chi connectivity index (χ3n) is 4.92. The molecule has 1 fully saturated rings. The van der Waals surface area contributed by atoms with E-state index in [0.717, 1.165) is 12.8 Å². The van der Waals surface area contributed by atoms with E-state index in [2.05, 4.69) is 10.3 Å². The van der Waals surface area contributed by atoms with Gasteiger partial charge in [0.1, 0.15) is 5.75 Å². The number of hydrogen-bond acceptors (Lipinski definition) is 6. The van der Waals surface area contributed by atoms with Gasteiger partial charge in [-0.3, -0.25) is 14.2 Å². The summed E-state index contributed by atoms with van der Waals surface area (Å²) in [5.74, 6) is 0.620. The number of ether oxygens (including phenoxy) is 2. The number of anilines is 1. The van der Waals surface area contributed by atoms with Gasteiger partial charge in [-0.25, -0.2) is 4.98 Å². The van der Waals surface area contributed by atoms with Gasteiger partial charge in [-0.1, -0.05) is 30.0 Å². The van der Waals surface area contributed by atoms with Gasteiger partial charge in [-0.05, 0) is 37.1 Å². The third-order valence-corrected chi connectivity index (χ3v) is 5.90. The van der Waals surface area contributed by atoms with Gasteiger partial charge in [0.2, 0.25) is 5.91 Å². The number of benzene rings is 2. The zero-order chi connectivity index (χ0) is 20.9. The topological polar surface area (TPSA) is 82.5 Å². The van der Waals surface area contributed by atoms with Crippen molar-refractivity contribution >= 4 is 34.3 Å². The van der Waals surface area contributed by atoms with Crippen LogP contribution in [0.4, 0.5) is 5.69 Å². The second kappa shape index (κ2) is 9.32. The summed E-state index contributed by atoms with van der Waals surface area (Å²) in [6.45, 7) is 1.16. The molecule has 0 radical (unpaired) electrons. The molecule has 30 heavy (non-hydrogen) atoms. The Bertz CT molecular complexity index is 1110. The molecule has 3 aromatic rings. The van der Waals surface area contributed by atoms with Crippen molar-refractivity contribution in [3.63, 3.8) is 0 Å². The van der Waals surface area contributed by atoms with Crippen molar-refractivity contribution in [1.29, 1.82) is 0 Å². The van der Waals surface area contributed by atoms with Crippen molar-refractivity contribution in [1.82, 2.24) is 9.55 Å². The Hall–Kier alpha value is -2.84. The Morgan fingerprint density at radius 1 is 1.30 bits per heavy atom. The van der Waals surface area contributed by atoms with Crippen LogP contribution in [0.2, 0.25) is 0 Å². The third kappa shape index (κ3) is 4.66. The maximum Gasteiger partial charge on any atom is 0.262 e. The van der Waals surface area contributed by atoms with E-state index in [1.807, 2.05) is 30.3 Å². The lowest BCUT2D eigenvalue weighted by Crippen LogP contribution is -2.29. The molecule has 4 rings (SSSR count). The van der Waals surface area contributed by atoms with Crippen molar-refractivity contribution in [2.75, 3.05) is 24.8 Å². The predicted octanol–water partition coefficient (Wildman–Crippen LogP) is 3.31. The number of rotatable bonds is 7. The molecular formula is C22H23N3O4S. The lowest BCUT2D eigenvalue weighted by atomic mass is 10.2. The molecule has 1 saturated heterocycles. The smallest absolute Gasteiger partial charge is 0.262 e. The van der Waals surface area contributed by atoms with Crippen molar-refractivity contribution in [3.05, 3.63) is 58.9 Å². The molecule has 2 heterocycles. The summed E-state index contributed by atoms with van der Waals surface area (Å²) in [6, 6.07) is 14.4. The maximum atomic E-state index is 13.1. The standard InChI is InChI=1S/C22H23N3O4S/c1-28-16-7-4-6-15(12-16)23-20(26)14-30-22-24-19-10-3-2-9-18(19)21(27)25(22)13-17-8-5-11-29-17/h2-4,6-7,9-10,12,17H,5,8,11,13-14H2,1H3,(H,23,26). The molecule has 1 amide bonds. The normalized spacial score (nSPS) is 16.0. The molecule has 1 unspecified atom stereocenters. The molecule has 1 aliphatic heterocycles. The Kier molecular flexibility index (Phi) is 6.35. The first-order chi connectivity index (χ1) is 14.6. The number of methoxy groups -OCH3 is 1. The average Bonchev–Trinajstić information content (AvgIpc) is 3.28. The van der Waals surface area contributed by atoms with Crippen molar-refractivity contribution in [3.8, 4) is 5.75 Å². The highest BCUT2D eigenvalue weighted by molar-refractivity contribution is 7.99. The molecule has 0 saturated carbocycles. The second-order valence-electron chi connectivity index (χ2n) is 7.03. The summed E-state index contributed by atoms with van der Waals surface area (Å²) < 4.78 is 12.5. The van der Waals surface area contributed by atoms with Crippen LogP contribution in [0.15, 0.2) is 58.5 Å². The van der Waals surface area contributed by atoms with Gasteiger partial charge in [0, 0.05) is 18.4 Å². The number of aromatic nitrogens is 2. The molecule has 0 bridgehead atoms. The lowest BCUT2D eigenvalue weighted by molar-refractivity contribution is -0.113. The molecular weight excluding hydrogens is 402 g/mol. The first-order valence-electron chi connectivity index (χ1n) is 9.82. The van der Waals surface area contributed by atoms with E-state index in [-0.39, 0.29) is 23.3 Å². The minimum Gasteiger partial charge on any atom is -0.497 e. The summed E-state index contributed by atoms with van der Waals surface area (Å²) >= 11 is 1.25. The van der Waals surface area contributed by atoms with E-state index < -0.39 is 0 Å². The number of hydrogen-bond donors (Lipinski definition) is 1. The number of carbonyl (C=O) groups is 1. The summed E-state index contributed by atoms with van der Waals surface area (Å²) in [7, 11) is 1.58. The van der Waals surface area contributed by atoms with Crippen LogP contribution in [0, 0.1) is 0 Å². The van der Waals surface area contributed by atoms with Gasteiger partial charge in [-0.15, -0.1) is 0 Å². The zero-order valence-electron chi connectivity index (χ0n) is 16.7. The molecule has 1 aliphatic rings. The Morgan fingerprint density at radius 3 is 2.97 bits per heavy atom. The van der Waals surface area contributed by atoms with Gasteiger partial charge in [0.15, 0.2) is 5.16 Å². The van der Waals surface area contributed by atoms with E-state index in [0.29, 0.717) is 40.6 Å². The van der Waals surface area contributed by atoms with Crippen molar-refractivity contribution in [2.24, 2.45) is 0 Å². The van der Waals surface area contributed by atoms with Crippen LogP contribution in [0.1, 0.15) is 12.8 Å². The number of nitrogens with zero attached hydrogens (tertiary/aromatic N) is 2. The first-order valence-corrected chi connectivity index (χ1v) is 10.8. The summed E-state index contributed by atoms with van der Waals surface area (Å²) in [4.78, 5) is 30.2. The molecule has 8 heteroatoms. The highest BCUT2D eigenvalue weighted by atomic mass is 32.2. The van der Waals surface area contributed by atoms with Crippen LogP contribution in [-0.4, -0.2) is 41.0 Å². The Labute approximate surface area is 178 Å². The van der Waals surface area contributed by atoms with Gasteiger partial charge >= 0.3 is 0 Å². The minimum atomic E-state index is -0.181. The number of fused-ring (bicyclic) bond motifs is 1. The van der Waals surface area contributed by atoms with Gasteiger partial charge in [0.05, 0.1) is 36.4 Å². The number of para-hydroxylation sites is 1. The highest BCUT2D eigenvalue weighted by Crippen LogP contribution is 2.22. The van der Waals surface area contributed by atoms with Crippen LogP contribution in [-0.2, 0) is 16.1 Å². The van der Waals surface area contributed by atoms with E-state index in [9.17, 15) is 9.59 Å². The molecule has 7 nitrogen and oxygen atoms in total. The Balaban J connectivity index is 1.54. The van der Waals surface area contributed by atoms with E-state index in [1.165, 1.54) is 11.8 Å². The average molecular weight is 426 g/mol. The van der Waals surface area contributed by atoms with Crippen LogP contribution < -0.4 is 15.6 Å². The number of thioether (sulfide) groups is 1. The van der Waals surface area contributed by atoms with E-state index >= 15 is 0 Å². The largest absolute Gasteiger partial charge is 0.497 e. The number of amides is 1. The van der Waals surface area contributed by atoms with E-state index in [1.54, 1.807) is 29.9 Å². The Morgan fingerprint density at radius 2 is 2.17 bits per heavy atom. The summed E-state index contributed by atoms with van der Waals surface area (Å²) in [5.41, 5.74) is 1.18. The molecule has 2 aromatic carbocycles. The lowest BCUT2D eigenvalue weighted by Gasteiger charge is -2.16. The fourth-order valence-electron chi connectivity index (χ4n) is 3.44. The van der Waals surface area contributed by atoms with Crippen molar-refractivity contribution < 1.29 is 14.3 Å².